The van der Waals surface area contributed by atoms with E-state index in [1.165, 1.54) is 25.4 Å². The number of allylic oxidation sites excluding steroid dienone is 1. The molecule has 0 aliphatic heterocycles. The van der Waals surface area contributed by atoms with Gasteiger partial charge in [0, 0.05) is 12.2 Å². The second kappa shape index (κ2) is 7.87. The summed E-state index contributed by atoms with van der Waals surface area (Å²) in [5.41, 5.74) is 0. The van der Waals surface area contributed by atoms with Crippen molar-refractivity contribution >= 4 is 14.5 Å². The normalized spacial score (nSPS) is 24.8. The fourth-order valence-electron chi connectivity index (χ4n) is 2.13. The van der Waals surface area contributed by atoms with Crippen LogP contribution in [-0.4, -0.2) is 18.4 Å². The molecule has 1 aliphatic carbocycles. The molecule has 2 nitrogen and oxygen atoms in total. The van der Waals surface area contributed by atoms with Crippen LogP contribution in [0.15, 0.2) is 12.7 Å². The van der Waals surface area contributed by atoms with Gasteiger partial charge in [-0.1, -0.05) is 32.8 Å². The first-order valence-corrected chi connectivity index (χ1v) is 8.21. The van der Waals surface area contributed by atoms with Crippen molar-refractivity contribution in [2.75, 3.05) is 12.4 Å². The molecule has 0 aromatic rings. The molecule has 1 amide bonds. The maximum Gasteiger partial charge on any atom is 0.223 e. The van der Waals surface area contributed by atoms with Gasteiger partial charge in [-0.2, -0.15) is 0 Å². The van der Waals surface area contributed by atoms with Crippen molar-refractivity contribution in [2.45, 2.75) is 39.5 Å². The third-order valence-electron chi connectivity index (χ3n) is 3.46. The number of nitrogens with one attached hydrogen (secondary N) is 1. The summed E-state index contributed by atoms with van der Waals surface area (Å²) in [5.74, 6) is 1.76. The topological polar surface area (TPSA) is 29.1 Å². The van der Waals surface area contributed by atoms with E-state index in [2.05, 4.69) is 25.7 Å². The molecule has 4 atom stereocenters. The molecular weight excluding hydrogens is 229 g/mol. The van der Waals surface area contributed by atoms with Gasteiger partial charge >= 0.3 is 0 Å². The van der Waals surface area contributed by atoms with E-state index in [1.807, 2.05) is 6.08 Å². The molecule has 1 saturated carbocycles. The van der Waals surface area contributed by atoms with Crippen molar-refractivity contribution in [3.63, 3.8) is 0 Å². The third kappa shape index (κ3) is 5.68. The number of rotatable bonds is 9. The van der Waals surface area contributed by atoms with Crippen molar-refractivity contribution in [1.82, 2.24) is 5.32 Å². The van der Waals surface area contributed by atoms with Crippen LogP contribution in [0.5, 0.6) is 0 Å². The van der Waals surface area contributed by atoms with Crippen LogP contribution < -0.4 is 5.32 Å². The van der Waals surface area contributed by atoms with Gasteiger partial charge in [0.25, 0.3) is 0 Å². The van der Waals surface area contributed by atoms with Crippen LogP contribution >= 0.6 is 8.58 Å². The van der Waals surface area contributed by atoms with Crippen LogP contribution in [0.25, 0.3) is 0 Å². The fourth-order valence-corrected chi connectivity index (χ4v) is 3.30. The predicted molar refractivity (Wildman–Crippen MR) is 76.7 cm³/mol. The maximum absolute atomic E-state index is 11.6. The quantitative estimate of drug-likeness (QED) is 0.382. The first-order valence-electron chi connectivity index (χ1n) is 6.80. The minimum absolute atomic E-state index is 0.233. The molecule has 17 heavy (non-hydrogen) atoms. The van der Waals surface area contributed by atoms with Crippen LogP contribution in [0.1, 0.15) is 39.5 Å². The number of amides is 1. The highest BCUT2D eigenvalue weighted by atomic mass is 31.1. The molecule has 0 spiro atoms. The first-order chi connectivity index (χ1) is 8.19. The van der Waals surface area contributed by atoms with Gasteiger partial charge in [0.05, 0.1) is 0 Å². The zero-order valence-electron chi connectivity index (χ0n) is 11.2. The molecule has 1 rings (SSSR count). The van der Waals surface area contributed by atoms with Gasteiger partial charge in [0.15, 0.2) is 0 Å². The van der Waals surface area contributed by atoms with E-state index in [1.54, 1.807) is 0 Å². The maximum atomic E-state index is 11.6. The Kier molecular flexibility index (Phi) is 6.80. The highest BCUT2D eigenvalue weighted by Gasteiger charge is 2.40. The molecule has 0 saturated heterocycles. The zero-order chi connectivity index (χ0) is 12.7. The van der Waals surface area contributed by atoms with Gasteiger partial charge in [0.2, 0.25) is 5.91 Å². The Morgan fingerprint density at radius 1 is 1.59 bits per heavy atom. The Balaban J connectivity index is 1.94. The molecule has 0 aromatic carbocycles. The van der Waals surface area contributed by atoms with E-state index in [4.69, 9.17) is 0 Å². The SMILES string of the molecule is C=CC1CC1C(=O)NCPCCC(C)CCC. The lowest BCUT2D eigenvalue weighted by atomic mass is 10.0. The van der Waals surface area contributed by atoms with E-state index >= 15 is 0 Å². The molecule has 0 bridgehead atoms. The molecule has 98 valence electrons. The van der Waals surface area contributed by atoms with Crippen LogP contribution in [0.4, 0.5) is 0 Å². The number of hydrogen-bond donors (Lipinski definition) is 1. The first kappa shape index (κ1) is 14.7. The van der Waals surface area contributed by atoms with E-state index in [0.717, 1.165) is 27.2 Å². The fraction of sp³-hybridized carbons (Fsp3) is 0.786. The van der Waals surface area contributed by atoms with Gasteiger partial charge in [-0.15, -0.1) is 15.2 Å². The summed E-state index contributed by atoms with van der Waals surface area (Å²) in [6.07, 6.45) is 8.96. The molecule has 0 radical (unpaired) electrons. The second-order valence-corrected chi connectivity index (χ2v) is 6.50. The van der Waals surface area contributed by atoms with E-state index < -0.39 is 0 Å². The smallest absolute Gasteiger partial charge is 0.223 e. The highest BCUT2D eigenvalue weighted by Crippen LogP contribution is 2.39. The molecular formula is C14H26NOP. The Hall–Kier alpha value is -0.360. The summed E-state index contributed by atoms with van der Waals surface area (Å²) < 4.78 is 0. The second-order valence-electron chi connectivity index (χ2n) is 5.14. The van der Waals surface area contributed by atoms with E-state index in [-0.39, 0.29) is 11.8 Å². The molecule has 1 aliphatic rings. The van der Waals surface area contributed by atoms with Crippen molar-refractivity contribution < 1.29 is 4.79 Å². The molecule has 0 heterocycles. The molecule has 1 fully saturated rings. The predicted octanol–water partition coefficient (Wildman–Crippen LogP) is 3.39. The van der Waals surface area contributed by atoms with Crippen LogP contribution in [0.3, 0.4) is 0 Å². The summed E-state index contributed by atoms with van der Waals surface area (Å²) >= 11 is 0. The average molecular weight is 255 g/mol. The molecule has 0 aromatic heterocycles. The monoisotopic (exact) mass is 255 g/mol. The summed E-state index contributed by atoms with van der Waals surface area (Å²) in [6.45, 7) is 8.29. The summed E-state index contributed by atoms with van der Waals surface area (Å²) in [5, 5.41) is 3.04. The molecule has 3 heteroatoms. The van der Waals surface area contributed by atoms with Gasteiger partial charge in [0.1, 0.15) is 0 Å². The van der Waals surface area contributed by atoms with Gasteiger partial charge in [-0.3, -0.25) is 4.79 Å². The zero-order valence-corrected chi connectivity index (χ0v) is 12.2. The highest BCUT2D eigenvalue weighted by molar-refractivity contribution is 7.37. The summed E-state index contributed by atoms with van der Waals surface area (Å²) in [4.78, 5) is 11.6. The number of carbonyl (C=O) groups is 1. The molecule has 1 N–H and O–H groups in total. The molecule has 4 unspecified atom stereocenters. The minimum atomic E-state index is 0.233. The Bertz CT molecular complexity index is 255. The Morgan fingerprint density at radius 2 is 2.35 bits per heavy atom. The van der Waals surface area contributed by atoms with Crippen LogP contribution in [0.2, 0.25) is 0 Å². The Morgan fingerprint density at radius 3 is 2.94 bits per heavy atom. The lowest BCUT2D eigenvalue weighted by Crippen LogP contribution is -2.24. The van der Waals surface area contributed by atoms with Crippen molar-refractivity contribution in [3.8, 4) is 0 Å². The summed E-state index contributed by atoms with van der Waals surface area (Å²) in [7, 11) is 0.878. The van der Waals surface area contributed by atoms with Crippen LogP contribution in [-0.2, 0) is 4.79 Å². The minimum Gasteiger partial charge on any atom is -0.352 e. The van der Waals surface area contributed by atoms with Crippen molar-refractivity contribution in [2.24, 2.45) is 17.8 Å². The van der Waals surface area contributed by atoms with Crippen LogP contribution in [0, 0.1) is 17.8 Å². The summed E-state index contributed by atoms with van der Waals surface area (Å²) in [6, 6.07) is 0. The van der Waals surface area contributed by atoms with Gasteiger partial charge in [-0.25, -0.2) is 0 Å². The lowest BCUT2D eigenvalue weighted by molar-refractivity contribution is -0.122. The van der Waals surface area contributed by atoms with Crippen molar-refractivity contribution in [3.05, 3.63) is 12.7 Å². The van der Waals surface area contributed by atoms with Gasteiger partial charge < -0.3 is 5.32 Å². The van der Waals surface area contributed by atoms with E-state index in [0.29, 0.717) is 5.92 Å². The van der Waals surface area contributed by atoms with E-state index in [9.17, 15) is 4.79 Å². The standard InChI is InChI=1S/C14H26NOP/c1-4-6-11(3)7-8-17-10-15-14(16)13-9-12(13)5-2/h5,11-13,17H,2,4,6-10H2,1,3H3,(H,15,16). The lowest BCUT2D eigenvalue weighted by Gasteiger charge is -2.09. The number of carbonyl (C=O) groups excluding carboxylic acids is 1. The van der Waals surface area contributed by atoms with Gasteiger partial charge in [-0.05, 0) is 30.8 Å². The largest absolute Gasteiger partial charge is 0.352 e. The third-order valence-corrected chi connectivity index (χ3v) is 4.53. The average Bonchev–Trinajstić information content (AvgIpc) is 3.08. The Labute approximate surface area is 107 Å². The van der Waals surface area contributed by atoms with Crippen molar-refractivity contribution in [1.29, 1.82) is 0 Å². The number of hydrogen-bond acceptors (Lipinski definition) is 1.